The molecule has 3 rings (SSSR count). The number of benzene rings is 2. The average Bonchev–Trinajstić information content (AvgIpc) is 2.78. The largest absolute Gasteiger partial charge is 0.457 e. The van der Waals surface area contributed by atoms with E-state index in [1.165, 1.54) is 77.0 Å². The summed E-state index contributed by atoms with van der Waals surface area (Å²) in [5.74, 6) is 2.55. The van der Waals surface area contributed by atoms with Gasteiger partial charge in [-0.25, -0.2) is 0 Å². The minimum atomic E-state index is 0.361. The molecular formula is C28H41NO. The Balaban J connectivity index is 1.78. The van der Waals surface area contributed by atoms with Crippen LogP contribution in [-0.4, -0.2) is 0 Å². The van der Waals surface area contributed by atoms with E-state index in [9.17, 15) is 0 Å². The van der Waals surface area contributed by atoms with Crippen molar-refractivity contribution in [1.29, 1.82) is 0 Å². The minimum Gasteiger partial charge on any atom is -0.457 e. The van der Waals surface area contributed by atoms with Crippen molar-refractivity contribution in [2.75, 3.05) is 5.73 Å². The number of nitrogen functional groups attached to an aromatic ring is 1. The Bertz CT molecular complexity index is 728. The average molecular weight is 408 g/mol. The molecule has 2 nitrogen and oxygen atoms in total. The number of unbranched alkanes of at least 4 members (excludes halogenated alkanes) is 3. The van der Waals surface area contributed by atoms with Crippen molar-refractivity contribution >= 4 is 5.69 Å². The topological polar surface area (TPSA) is 35.2 Å². The molecule has 1 saturated carbocycles. The van der Waals surface area contributed by atoms with E-state index in [-0.39, 0.29) is 0 Å². The number of hydrogen-bond donors (Lipinski definition) is 1. The second-order valence-electron chi connectivity index (χ2n) is 9.25. The van der Waals surface area contributed by atoms with Gasteiger partial charge in [-0.05, 0) is 79.0 Å². The summed E-state index contributed by atoms with van der Waals surface area (Å²) >= 11 is 0. The molecule has 2 heteroatoms. The predicted octanol–water partition coefficient (Wildman–Crippen LogP) is 8.65. The van der Waals surface area contributed by atoms with Gasteiger partial charge in [0.25, 0.3) is 0 Å². The molecule has 2 aromatic rings. The molecule has 1 fully saturated rings. The van der Waals surface area contributed by atoms with Crippen LogP contribution in [0.15, 0.2) is 48.5 Å². The predicted molar refractivity (Wildman–Crippen MR) is 129 cm³/mol. The summed E-state index contributed by atoms with van der Waals surface area (Å²) in [6.07, 6.45) is 16.4. The zero-order chi connectivity index (χ0) is 21.2. The second-order valence-corrected chi connectivity index (χ2v) is 9.25. The first kappa shape index (κ1) is 22.7. The number of anilines is 1. The fourth-order valence-electron chi connectivity index (χ4n) is 5.51. The van der Waals surface area contributed by atoms with Crippen LogP contribution < -0.4 is 10.5 Å². The zero-order valence-corrected chi connectivity index (χ0v) is 19.2. The quantitative estimate of drug-likeness (QED) is 0.299. The molecule has 1 atom stereocenters. The van der Waals surface area contributed by atoms with E-state index in [1.807, 2.05) is 24.3 Å². The molecule has 1 unspecified atom stereocenters. The molecule has 0 aliphatic heterocycles. The van der Waals surface area contributed by atoms with Crippen molar-refractivity contribution in [3.05, 3.63) is 54.1 Å². The van der Waals surface area contributed by atoms with Crippen molar-refractivity contribution < 1.29 is 4.74 Å². The maximum Gasteiger partial charge on any atom is 0.127 e. The summed E-state index contributed by atoms with van der Waals surface area (Å²) in [6, 6.07) is 16.7. The lowest BCUT2D eigenvalue weighted by molar-refractivity contribution is 0.165. The van der Waals surface area contributed by atoms with Crippen LogP contribution in [0.1, 0.15) is 96.5 Å². The van der Waals surface area contributed by atoms with Gasteiger partial charge in [0, 0.05) is 5.69 Å². The highest BCUT2D eigenvalue weighted by molar-refractivity contribution is 5.43. The monoisotopic (exact) mass is 407 g/mol. The highest BCUT2D eigenvalue weighted by Crippen LogP contribution is 2.49. The van der Waals surface area contributed by atoms with Gasteiger partial charge in [0.05, 0.1) is 0 Å². The fourth-order valence-corrected chi connectivity index (χ4v) is 5.51. The van der Waals surface area contributed by atoms with Gasteiger partial charge in [0.2, 0.25) is 0 Å². The van der Waals surface area contributed by atoms with Crippen LogP contribution in [0.25, 0.3) is 0 Å². The van der Waals surface area contributed by atoms with Crippen LogP contribution in [0.2, 0.25) is 0 Å². The van der Waals surface area contributed by atoms with Gasteiger partial charge >= 0.3 is 0 Å². The van der Waals surface area contributed by atoms with Crippen LogP contribution in [0.4, 0.5) is 5.69 Å². The Labute approximate surface area is 184 Å². The minimum absolute atomic E-state index is 0.361. The first-order valence-electron chi connectivity index (χ1n) is 12.3. The Kier molecular flexibility index (Phi) is 8.66. The van der Waals surface area contributed by atoms with Gasteiger partial charge in [0.1, 0.15) is 11.5 Å². The Morgan fingerprint density at radius 3 is 2.00 bits per heavy atom. The maximum atomic E-state index is 6.05. The lowest BCUT2D eigenvalue weighted by atomic mass is 9.60. The van der Waals surface area contributed by atoms with Crippen molar-refractivity contribution in [3.8, 4) is 11.5 Å². The highest BCUT2D eigenvalue weighted by Gasteiger charge is 2.40. The van der Waals surface area contributed by atoms with Crippen molar-refractivity contribution in [1.82, 2.24) is 0 Å². The van der Waals surface area contributed by atoms with Crippen molar-refractivity contribution in [3.63, 3.8) is 0 Å². The number of nitrogens with two attached hydrogens (primary N) is 1. The van der Waals surface area contributed by atoms with Gasteiger partial charge in [-0.1, -0.05) is 77.3 Å². The molecule has 2 aromatic carbocycles. The van der Waals surface area contributed by atoms with E-state index >= 15 is 0 Å². The molecule has 0 bridgehead atoms. The number of rotatable bonds is 11. The molecule has 0 amide bonds. The Morgan fingerprint density at radius 1 is 0.767 bits per heavy atom. The van der Waals surface area contributed by atoms with Crippen LogP contribution in [0, 0.1) is 5.92 Å². The van der Waals surface area contributed by atoms with E-state index in [0.717, 1.165) is 23.1 Å². The second kappa shape index (κ2) is 11.4. The summed E-state index contributed by atoms with van der Waals surface area (Å²) in [6.45, 7) is 4.67. The molecule has 0 heterocycles. The maximum absolute atomic E-state index is 6.05. The van der Waals surface area contributed by atoms with Gasteiger partial charge in [0.15, 0.2) is 0 Å². The molecule has 1 aliphatic carbocycles. The van der Waals surface area contributed by atoms with Crippen LogP contribution >= 0.6 is 0 Å². The third-order valence-corrected chi connectivity index (χ3v) is 7.12. The van der Waals surface area contributed by atoms with E-state index in [2.05, 4.69) is 38.1 Å². The van der Waals surface area contributed by atoms with Gasteiger partial charge in [-0.2, -0.15) is 0 Å². The Hall–Kier alpha value is -1.96. The third-order valence-electron chi connectivity index (χ3n) is 7.12. The number of ether oxygens (including phenoxy) is 1. The molecule has 0 radical (unpaired) electrons. The summed E-state index contributed by atoms with van der Waals surface area (Å²) in [5, 5.41) is 0. The summed E-state index contributed by atoms with van der Waals surface area (Å²) in [7, 11) is 0. The highest BCUT2D eigenvalue weighted by atomic mass is 16.5. The normalized spacial score (nSPS) is 16.9. The molecule has 164 valence electrons. The SMILES string of the molecule is CCCCCCC(CCC)C1(c2ccc(Oc3ccc(N)cc3)cc2)CCCCC1. The standard InChI is InChI=1S/C28H41NO/c1-3-5-6-8-12-23(11-4-2)28(21-9-7-10-22-28)24-13-17-26(18-14-24)30-27-19-15-25(29)16-20-27/h13-20,23H,3-12,21-22,29H2,1-2H3. The number of hydrogen-bond acceptors (Lipinski definition) is 2. The molecule has 2 N–H and O–H groups in total. The molecule has 0 spiro atoms. The smallest absolute Gasteiger partial charge is 0.127 e. The summed E-state index contributed by atoms with van der Waals surface area (Å²) in [5.41, 5.74) is 8.45. The summed E-state index contributed by atoms with van der Waals surface area (Å²) < 4.78 is 6.05. The fraction of sp³-hybridized carbons (Fsp3) is 0.571. The summed E-state index contributed by atoms with van der Waals surface area (Å²) in [4.78, 5) is 0. The van der Waals surface area contributed by atoms with Crippen LogP contribution in [-0.2, 0) is 5.41 Å². The van der Waals surface area contributed by atoms with Crippen LogP contribution in [0.5, 0.6) is 11.5 Å². The third kappa shape index (κ3) is 5.80. The van der Waals surface area contributed by atoms with Gasteiger partial charge < -0.3 is 10.5 Å². The van der Waals surface area contributed by atoms with Crippen molar-refractivity contribution in [2.45, 2.75) is 96.3 Å². The van der Waals surface area contributed by atoms with E-state index in [1.54, 1.807) is 5.56 Å². The Morgan fingerprint density at radius 2 is 1.40 bits per heavy atom. The molecule has 0 saturated heterocycles. The van der Waals surface area contributed by atoms with Gasteiger partial charge in [-0.3, -0.25) is 0 Å². The van der Waals surface area contributed by atoms with E-state index in [4.69, 9.17) is 10.5 Å². The lowest BCUT2D eigenvalue weighted by Gasteiger charge is -2.45. The molecule has 30 heavy (non-hydrogen) atoms. The molecular weight excluding hydrogens is 366 g/mol. The molecule has 0 aromatic heterocycles. The first-order chi connectivity index (χ1) is 14.7. The molecule has 1 aliphatic rings. The van der Waals surface area contributed by atoms with E-state index < -0.39 is 0 Å². The van der Waals surface area contributed by atoms with Crippen LogP contribution in [0.3, 0.4) is 0 Å². The first-order valence-corrected chi connectivity index (χ1v) is 12.3. The van der Waals surface area contributed by atoms with Crippen molar-refractivity contribution in [2.24, 2.45) is 5.92 Å². The zero-order valence-electron chi connectivity index (χ0n) is 19.2. The van der Waals surface area contributed by atoms with E-state index in [0.29, 0.717) is 5.41 Å². The van der Waals surface area contributed by atoms with Gasteiger partial charge in [-0.15, -0.1) is 0 Å². The lowest BCUT2D eigenvalue weighted by Crippen LogP contribution is -2.37.